The van der Waals surface area contributed by atoms with Crippen LogP contribution in [0.15, 0.2) is 18.2 Å². The Morgan fingerprint density at radius 2 is 2.05 bits per heavy atom. The van der Waals surface area contributed by atoms with E-state index in [1.54, 1.807) is 0 Å². The number of amides is 1. The highest BCUT2D eigenvalue weighted by molar-refractivity contribution is 5.95. The summed E-state index contributed by atoms with van der Waals surface area (Å²) in [6.07, 6.45) is 5.51. The van der Waals surface area contributed by atoms with Crippen LogP contribution >= 0.6 is 0 Å². The average Bonchev–Trinajstić information content (AvgIpc) is 3.00. The van der Waals surface area contributed by atoms with Gasteiger partial charge in [0.1, 0.15) is 0 Å². The smallest absolute Gasteiger partial charge is 0.251 e. The molecule has 1 aromatic carbocycles. The molecule has 3 rings (SSSR count). The van der Waals surface area contributed by atoms with Crippen molar-refractivity contribution in [3.05, 3.63) is 34.9 Å². The Balaban J connectivity index is 1.66. The van der Waals surface area contributed by atoms with Crippen molar-refractivity contribution >= 4 is 5.91 Å². The Hall–Kier alpha value is -1.31. The van der Waals surface area contributed by atoms with Crippen LogP contribution in [0.1, 0.15) is 54.1 Å². The number of fused-ring (bicyclic) bond motifs is 2. The van der Waals surface area contributed by atoms with Crippen LogP contribution in [0.4, 0.5) is 0 Å². The van der Waals surface area contributed by atoms with Gasteiger partial charge in [-0.25, -0.2) is 0 Å². The van der Waals surface area contributed by atoms with Crippen molar-refractivity contribution in [3.8, 4) is 0 Å². The largest absolute Gasteiger partial charge is 0.349 e. The van der Waals surface area contributed by atoms with Crippen molar-refractivity contribution in [1.82, 2.24) is 5.32 Å². The number of carbonyl (C=O) groups excluding carboxylic acids is 1. The normalized spacial score (nSPS) is 29.4. The zero-order valence-corrected chi connectivity index (χ0v) is 12.8. The van der Waals surface area contributed by atoms with Crippen LogP contribution in [0.2, 0.25) is 0 Å². The van der Waals surface area contributed by atoms with Gasteiger partial charge in [-0.1, -0.05) is 24.1 Å². The highest BCUT2D eigenvalue weighted by atomic mass is 16.1. The van der Waals surface area contributed by atoms with Crippen molar-refractivity contribution in [1.29, 1.82) is 0 Å². The summed E-state index contributed by atoms with van der Waals surface area (Å²) in [6.45, 7) is 6.27. The summed E-state index contributed by atoms with van der Waals surface area (Å²) in [5.41, 5.74) is 3.11. The van der Waals surface area contributed by atoms with Gasteiger partial charge in [-0.15, -0.1) is 0 Å². The van der Waals surface area contributed by atoms with Gasteiger partial charge in [-0.2, -0.15) is 0 Å². The molecule has 4 atom stereocenters. The van der Waals surface area contributed by atoms with E-state index in [1.165, 1.54) is 31.2 Å². The summed E-state index contributed by atoms with van der Waals surface area (Å²) in [7, 11) is 0. The second kappa shape index (κ2) is 5.23. The minimum Gasteiger partial charge on any atom is -0.349 e. The molecule has 1 aromatic rings. The highest BCUT2D eigenvalue weighted by Gasteiger charge is 2.42. The van der Waals surface area contributed by atoms with Gasteiger partial charge in [0.25, 0.3) is 5.91 Å². The molecule has 0 saturated heterocycles. The second-order valence-corrected chi connectivity index (χ2v) is 6.92. The maximum Gasteiger partial charge on any atom is 0.251 e. The summed E-state index contributed by atoms with van der Waals surface area (Å²) in [6, 6.07) is 6.35. The molecule has 2 fully saturated rings. The van der Waals surface area contributed by atoms with Crippen molar-refractivity contribution in [2.24, 2.45) is 17.8 Å². The number of nitrogens with one attached hydrogen (secondary N) is 1. The lowest BCUT2D eigenvalue weighted by molar-refractivity contribution is 0.0914. The van der Waals surface area contributed by atoms with Gasteiger partial charge in [-0.05, 0) is 69.4 Å². The molecule has 2 nitrogen and oxygen atoms in total. The molecule has 0 aliphatic heterocycles. The average molecular weight is 271 g/mol. The molecule has 0 radical (unpaired) electrons. The summed E-state index contributed by atoms with van der Waals surface area (Å²) < 4.78 is 0. The van der Waals surface area contributed by atoms with E-state index < -0.39 is 0 Å². The van der Waals surface area contributed by atoms with Crippen LogP contribution in [0, 0.1) is 31.6 Å². The van der Waals surface area contributed by atoms with E-state index in [0.29, 0.717) is 12.0 Å². The van der Waals surface area contributed by atoms with Gasteiger partial charge in [0, 0.05) is 11.6 Å². The van der Waals surface area contributed by atoms with E-state index in [2.05, 4.69) is 25.2 Å². The quantitative estimate of drug-likeness (QED) is 0.888. The van der Waals surface area contributed by atoms with E-state index in [1.807, 2.05) is 19.1 Å². The van der Waals surface area contributed by atoms with Crippen molar-refractivity contribution in [2.75, 3.05) is 0 Å². The number of rotatable bonds is 3. The third-order valence-corrected chi connectivity index (χ3v) is 5.42. The maximum absolute atomic E-state index is 12.4. The van der Waals surface area contributed by atoms with Crippen LogP contribution in [0.5, 0.6) is 0 Å². The van der Waals surface area contributed by atoms with Gasteiger partial charge < -0.3 is 5.32 Å². The zero-order valence-electron chi connectivity index (χ0n) is 12.8. The molecule has 1 N–H and O–H groups in total. The third kappa shape index (κ3) is 2.48. The molecule has 2 saturated carbocycles. The Bertz CT molecular complexity index is 522. The molecule has 0 unspecified atom stereocenters. The Morgan fingerprint density at radius 1 is 1.25 bits per heavy atom. The van der Waals surface area contributed by atoms with Crippen molar-refractivity contribution in [2.45, 2.75) is 52.5 Å². The molecule has 20 heavy (non-hydrogen) atoms. The fourth-order valence-electron chi connectivity index (χ4n) is 4.37. The molecular weight excluding hydrogens is 246 g/mol. The summed E-state index contributed by atoms with van der Waals surface area (Å²) in [5.74, 6) is 2.58. The first-order valence-corrected chi connectivity index (χ1v) is 7.92. The SMILES string of the molecule is Cc1ccc(C(=O)N[C@@H](C)[C@H]2C[C@H]3CC[C@H]2C3)c(C)c1. The van der Waals surface area contributed by atoms with Gasteiger partial charge in [0.2, 0.25) is 0 Å². The van der Waals surface area contributed by atoms with Crippen molar-refractivity contribution < 1.29 is 4.79 Å². The van der Waals surface area contributed by atoms with E-state index >= 15 is 0 Å². The number of hydrogen-bond acceptors (Lipinski definition) is 1. The number of carbonyl (C=O) groups is 1. The molecule has 0 aromatic heterocycles. The van der Waals surface area contributed by atoms with Crippen LogP contribution in [0.25, 0.3) is 0 Å². The lowest BCUT2D eigenvalue weighted by Gasteiger charge is -2.28. The first kappa shape index (κ1) is 13.7. The lowest BCUT2D eigenvalue weighted by Crippen LogP contribution is -2.40. The Labute approximate surface area is 122 Å². The van der Waals surface area contributed by atoms with Crippen LogP contribution < -0.4 is 5.32 Å². The molecule has 2 aliphatic carbocycles. The first-order chi connectivity index (χ1) is 9.54. The second-order valence-electron chi connectivity index (χ2n) is 6.92. The van der Waals surface area contributed by atoms with Crippen LogP contribution in [0.3, 0.4) is 0 Å². The fourth-order valence-corrected chi connectivity index (χ4v) is 4.37. The lowest BCUT2D eigenvalue weighted by atomic mass is 9.84. The minimum absolute atomic E-state index is 0.0952. The number of hydrogen-bond donors (Lipinski definition) is 1. The molecule has 2 heteroatoms. The zero-order chi connectivity index (χ0) is 14.3. The monoisotopic (exact) mass is 271 g/mol. The fraction of sp³-hybridized carbons (Fsp3) is 0.611. The Kier molecular flexibility index (Phi) is 3.57. The van der Waals surface area contributed by atoms with E-state index in [9.17, 15) is 4.79 Å². The summed E-state index contributed by atoms with van der Waals surface area (Å²) in [5, 5.41) is 3.24. The van der Waals surface area contributed by atoms with E-state index in [4.69, 9.17) is 0 Å². The van der Waals surface area contributed by atoms with E-state index in [-0.39, 0.29) is 5.91 Å². The molecule has 0 heterocycles. The topological polar surface area (TPSA) is 29.1 Å². The third-order valence-electron chi connectivity index (χ3n) is 5.42. The molecule has 2 bridgehead atoms. The van der Waals surface area contributed by atoms with Gasteiger partial charge in [-0.3, -0.25) is 4.79 Å². The maximum atomic E-state index is 12.4. The molecule has 108 valence electrons. The van der Waals surface area contributed by atoms with Crippen molar-refractivity contribution in [3.63, 3.8) is 0 Å². The standard InChI is InChI=1S/C18H25NO/c1-11-4-7-16(12(2)8-11)18(20)19-13(3)17-10-14-5-6-15(17)9-14/h4,7-8,13-15,17H,5-6,9-10H2,1-3H3,(H,19,20)/t13-,14-,15-,17+/m0/s1. The highest BCUT2D eigenvalue weighted by Crippen LogP contribution is 2.49. The molecular formula is C18H25NO. The first-order valence-electron chi connectivity index (χ1n) is 7.92. The van der Waals surface area contributed by atoms with Crippen LogP contribution in [-0.4, -0.2) is 11.9 Å². The molecule has 0 spiro atoms. The van der Waals surface area contributed by atoms with Gasteiger partial charge in [0.05, 0.1) is 0 Å². The Morgan fingerprint density at radius 3 is 2.65 bits per heavy atom. The molecule has 2 aliphatic rings. The van der Waals surface area contributed by atoms with Gasteiger partial charge >= 0.3 is 0 Å². The summed E-state index contributed by atoms with van der Waals surface area (Å²) in [4.78, 5) is 12.4. The number of benzene rings is 1. The minimum atomic E-state index is 0.0952. The number of aryl methyl sites for hydroxylation is 2. The molecule has 1 amide bonds. The predicted molar refractivity (Wildman–Crippen MR) is 81.8 cm³/mol. The van der Waals surface area contributed by atoms with E-state index in [0.717, 1.165) is 23.0 Å². The predicted octanol–water partition coefficient (Wildman–Crippen LogP) is 3.86. The van der Waals surface area contributed by atoms with Gasteiger partial charge in [0.15, 0.2) is 0 Å². The summed E-state index contributed by atoms with van der Waals surface area (Å²) >= 11 is 0. The van der Waals surface area contributed by atoms with Crippen LogP contribution in [-0.2, 0) is 0 Å².